The van der Waals surface area contributed by atoms with Crippen molar-refractivity contribution in [1.82, 2.24) is 0 Å². The Morgan fingerprint density at radius 1 is 1.50 bits per heavy atom. The molecule has 0 atom stereocenters. The molecule has 0 fully saturated rings. The molecule has 0 saturated carbocycles. The van der Waals surface area contributed by atoms with Crippen LogP contribution in [0.5, 0.6) is 0 Å². The van der Waals surface area contributed by atoms with Crippen LogP contribution >= 0.6 is 0 Å². The van der Waals surface area contributed by atoms with Crippen molar-refractivity contribution < 1.29 is 32.4 Å². The van der Waals surface area contributed by atoms with E-state index in [2.05, 4.69) is 5.14 Å². The SMILES string of the molecule is NS(=O)(=O)O.[Ru]. The molecule has 0 aromatic rings. The molecule has 0 rings (SSSR count). The molecule has 6 heavy (non-hydrogen) atoms. The van der Waals surface area contributed by atoms with Crippen molar-refractivity contribution >= 4 is 10.3 Å². The Morgan fingerprint density at radius 2 is 1.50 bits per heavy atom. The molecule has 0 aliphatic rings. The molecule has 0 unspecified atom stereocenters. The van der Waals surface area contributed by atoms with Crippen LogP contribution in [-0.4, -0.2) is 13.0 Å². The first-order valence-electron chi connectivity index (χ1n) is 0.752. The van der Waals surface area contributed by atoms with Crippen molar-refractivity contribution in [2.75, 3.05) is 0 Å². The van der Waals surface area contributed by atoms with Crippen LogP contribution in [0, 0.1) is 0 Å². The summed E-state index contributed by atoms with van der Waals surface area (Å²) in [5, 5.41) is 3.88. The van der Waals surface area contributed by atoms with E-state index < -0.39 is 10.3 Å². The van der Waals surface area contributed by atoms with E-state index in [1.807, 2.05) is 0 Å². The summed E-state index contributed by atoms with van der Waals surface area (Å²) >= 11 is 0. The van der Waals surface area contributed by atoms with Gasteiger partial charge in [0.05, 0.1) is 0 Å². The molecule has 0 saturated heterocycles. The van der Waals surface area contributed by atoms with Crippen LogP contribution in [0.3, 0.4) is 0 Å². The molecule has 0 amide bonds. The molecule has 0 aromatic carbocycles. The Bertz CT molecular complexity index is 94.0. The van der Waals surface area contributed by atoms with Crippen LogP contribution in [0.25, 0.3) is 0 Å². The fourth-order valence-electron chi connectivity index (χ4n) is 0. The van der Waals surface area contributed by atoms with E-state index in [9.17, 15) is 0 Å². The summed E-state index contributed by atoms with van der Waals surface area (Å²) in [6, 6.07) is 0. The van der Waals surface area contributed by atoms with E-state index in [1.165, 1.54) is 0 Å². The largest absolute Gasteiger partial charge is 0.330 e. The molecule has 0 aliphatic carbocycles. The Balaban J connectivity index is 0. The van der Waals surface area contributed by atoms with Crippen LogP contribution in [0.1, 0.15) is 0 Å². The average Bonchev–Trinajstić information content (AvgIpc) is 0.722. The molecule has 0 spiro atoms. The standard InChI is InChI=1S/H3NO3S.Ru/c1-5(2,3)4;/h(H3,1,2,3,4);. The fraction of sp³-hybridized carbons (Fsp3) is 0. The van der Waals surface area contributed by atoms with Crippen molar-refractivity contribution in [2.24, 2.45) is 5.14 Å². The van der Waals surface area contributed by atoms with Crippen molar-refractivity contribution in [3.8, 4) is 0 Å². The Morgan fingerprint density at radius 3 is 1.50 bits per heavy atom. The van der Waals surface area contributed by atoms with Gasteiger partial charge in [0.15, 0.2) is 0 Å². The second-order valence-corrected chi connectivity index (χ2v) is 1.54. The molecule has 0 aromatic heterocycles. The van der Waals surface area contributed by atoms with Gasteiger partial charge in [0.2, 0.25) is 0 Å². The summed E-state index contributed by atoms with van der Waals surface area (Å²) < 4.78 is 25.2. The van der Waals surface area contributed by atoms with Crippen LogP contribution in [0.4, 0.5) is 0 Å². The maximum atomic E-state index is 8.97. The third kappa shape index (κ3) is 225. The van der Waals surface area contributed by atoms with E-state index in [-0.39, 0.29) is 19.5 Å². The van der Waals surface area contributed by atoms with Gasteiger partial charge < -0.3 is 0 Å². The van der Waals surface area contributed by atoms with Gasteiger partial charge in [0, 0.05) is 19.5 Å². The first-order chi connectivity index (χ1) is 2.00. The van der Waals surface area contributed by atoms with Crippen LogP contribution in [0.15, 0.2) is 0 Å². The smallest absolute Gasteiger partial charge is 0.274 e. The van der Waals surface area contributed by atoms with Crippen LogP contribution in [0.2, 0.25) is 0 Å². The zero-order valence-corrected chi connectivity index (χ0v) is 5.16. The van der Waals surface area contributed by atoms with Crippen LogP contribution in [-0.2, 0) is 29.8 Å². The van der Waals surface area contributed by atoms with Crippen molar-refractivity contribution in [3.63, 3.8) is 0 Å². The zero-order valence-electron chi connectivity index (χ0n) is 2.60. The number of nitrogens with two attached hydrogens (primary N) is 1. The van der Waals surface area contributed by atoms with Gasteiger partial charge in [0.1, 0.15) is 0 Å². The summed E-state index contributed by atoms with van der Waals surface area (Å²) in [7, 11) is -4.17. The van der Waals surface area contributed by atoms with E-state index in [1.54, 1.807) is 0 Å². The molecular weight excluding hydrogens is 195 g/mol. The van der Waals surface area contributed by atoms with Gasteiger partial charge in [-0.2, -0.15) is 8.42 Å². The van der Waals surface area contributed by atoms with E-state index in [0.29, 0.717) is 0 Å². The molecule has 0 heterocycles. The van der Waals surface area contributed by atoms with Crippen molar-refractivity contribution in [3.05, 3.63) is 0 Å². The first kappa shape index (κ1) is 9.71. The topological polar surface area (TPSA) is 80.4 Å². The summed E-state index contributed by atoms with van der Waals surface area (Å²) in [6.07, 6.45) is 0. The minimum atomic E-state index is -4.17. The average molecular weight is 198 g/mol. The van der Waals surface area contributed by atoms with Crippen LogP contribution < -0.4 is 5.14 Å². The van der Waals surface area contributed by atoms with E-state index in [4.69, 9.17) is 13.0 Å². The minimum Gasteiger partial charge on any atom is -0.274 e. The monoisotopic (exact) mass is 199 g/mol. The summed E-state index contributed by atoms with van der Waals surface area (Å²) in [5.41, 5.74) is 0. The second-order valence-electron chi connectivity index (χ2n) is 0.515. The molecule has 4 nitrogen and oxygen atoms in total. The van der Waals surface area contributed by atoms with E-state index in [0.717, 1.165) is 0 Å². The predicted octanol–water partition coefficient (Wildman–Crippen LogP) is -1.25. The summed E-state index contributed by atoms with van der Waals surface area (Å²) in [6.45, 7) is 0. The van der Waals surface area contributed by atoms with Gasteiger partial charge in [-0.05, 0) is 0 Å². The molecule has 40 valence electrons. The molecular formula is H3NO3RuS. The molecule has 3 N–H and O–H groups in total. The second kappa shape index (κ2) is 2.63. The predicted molar refractivity (Wildman–Crippen MR) is 15.7 cm³/mol. The molecule has 0 radical (unpaired) electrons. The van der Waals surface area contributed by atoms with Crippen molar-refractivity contribution in [2.45, 2.75) is 0 Å². The van der Waals surface area contributed by atoms with E-state index >= 15 is 0 Å². The van der Waals surface area contributed by atoms with Gasteiger partial charge in [-0.25, -0.2) is 5.14 Å². The third-order valence-electron chi connectivity index (χ3n) is 0. The van der Waals surface area contributed by atoms with Gasteiger partial charge in [-0.3, -0.25) is 4.55 Å². The maximum Gasteiger partial charge on any atom is 0.330 e. The van der Waals surface area contributed by atoms with Gasteiger partial charge >= 0.3 is 10.3 Å². The number of hydrogen-bond donors (Lipinski definition) is 2. The quantitative estimate of drug-likeness (QED) is 0.377. The Kier molecular flexibility index (Phi) is 4.25. The zero-order chi connectivity index (χ0) is 4.50. The summed E-state index contributed by atoms with van der Waals surface area (Å²) in [5.74, 6) is 0. The van der Waals surface area contributed by atoms with Gasteiger partial charge in [-0.15, -0.1) is 0 Å². The Hall–Kier alpha value is 0.493. The minimum absolute atomic E-state index is 0. The maximum absolute atomic E-state index is 8.97. The normalized spacial score (nSPS) is 9.67. The van der Waals surface area contributed by atoms with Crippen molar-refractivity contribution in [1.29, 1.82) is 0 Å². The summed E-state index contributed by atoms with van der Waals surface area (Å²) in [4.78, 5) is 0. The van der Waals surface area contributed by atoms with Gasteiger partial charge in [0.25, 0.3) is 0 Å². The van der Waals surface area contributed by atoms with Gasteiger partial charge in [-0.1, -0.05) is 0 Å². The Labute approximate surface area is 48.4 Å². The number of hydrogen-bond acceptors (Lipinski definition) is 2. The molecule has 0 aliphatic heterocycles. The molecule has 0 bridgehead atoms. The molecule has 6 heteroatoms. The first-order valence-corrected chi connectivity index (χ1v) is 2.25. The number of rotatable bonds is 0. The fourth-order valence-corrected chi connectivity index (χ4v) is 0. The third-order valence-corrected chi connectivity index (χ3v) is 0.